The Hall–Kier alpha value is -2.14. The van der Waals surface area contributed by atoms with Crippen LogP contribution in [0.4, 0.5) is 0 Å². The first kappa shape index (κ1) is 20.1. The molecule has 4 rings (SSSR count). The zero-order chi connectivity index (χ0) is 20.4. The summed E-state index contributed by atoms with van der Waals surface area (Å²) in [6, 6.07) is 8.35. The van der Waals surface area contributed by atoms with Crippen molar-refractivity contribution in [2.24, 2.45) is 5.92 Å². The van der Waals surface area contributed by atoms with Gasteiger partial charge in [0.05, 0.1) is 18.6 Å². The summed E-state index contributed by atoms with van der Waals surface area (Å²) in [5.74, 6) is 1.62. The Balaban J connectivity index is 1.26. The summed E-state index contributed by atoms with van der Waals surface area (Å²) >= 11 is 0. The Morgan fingerprint density at radius 2 is 1.97 bits per heavy atom. The lowest BCUT2D eigenvalue weighted by atomic mass is 9.92. The van der Waals surface area contributed by atoms with Crippen molar-refractivity contribution >= 4 is 0 Å². The van der Waals surface area contributed by atoms with Gasteiger partial charge in [-0.25, -0.2) is 4.98 Å². The normalized spacial score (nSPS) is 17.9. The third-order valence-corrected chi connectivity index (χ3v) is 6.28. The number of ether oxygens (including phenoxy) is 1. The van der Waals surface area contributed by atoms with Gasteiger partial charge in [0, 0.05) is 31.0 Å². The fourth-order valence-electron chi connectivity index (χ4n) is 4.33. The topological polar surface area (TPSA) is 47.4 Å². The van der Waals surface area contributed by atoms with E-state index in [1.54, 1.807) is 17.0 Å². The minimum atomic E-state index is -0.0879. The zero-order valence-corrected chi connectivity index (χ0v) is 18.0. The molecule has 0 saturated carbocycles. The van der Waals surface area contributed by atoms with Crippen LogP contribution in [0.2, 0.25) is 0 Å². The van der Waals surface area contributed by atoms with Crippen molar-refractivity contribution in [1.82, 2.24) is 14.5 Å². The second-order valence-electron chi connectivity index (χ2n) is 9.59. The maximum absolute atomic E-state index is 12.5. The molecule has 3 heterocycles. The smallest absolute Gasteiger partial charge is 0.253 e. The molecule has 1 saturated heterocycles. The SMILES string of the molecule is CC(C)(C)c1cc(=O)n(CC2CCN(CCc3ccc4c(c3)CCO4)CC2)cn1. The van der Waals surface area contributed by atoms with Crippen LogP contribution in [0.3, 0.4) is 0 Å². The quantitative estimate of drug-likeness (QED) is 0.778. The molecular weight excluding hydrogens is 362 g/mol. The molecule has 0 radical (unpaired) electrons. The number of benzene rings is 1. The third kappa shape index (κ3) is 4.89. The van der Waals surface area contributed by atoms with Gasteiger partial charge in [0.15, 0.2) is 0 Å². The van der Waals surface area contributed by atoms with Crippen LogP contribution in [0, 0.1) is 5.92 Å². The highest BCUT2D eigenvalue weighted by atomic mass is 16.5. The molecule has 0 atom stereocenters. The van der Waals surface area contributed by atoms with E-state index in [4.69, 9.17) is 4.74 Å². The molecule has 5 nitrogen and oxygen atoms in total. The van der Waals surface area contributed by atoms with Crippen molar-refractivity contribution in [2.45, 2.75) is 58.4 Å². The van der Waals surface area contributed by atoms with Gasteiger partial charge >= 0.3 is 0 Å². The van der Waals surface area contributed by atoms with Crippen LogP contribution < -0.4 is 10.3 Å². The monoisotopic (exact) mass is 395 g/mol. The summed E-state index contributed by atoms with van der Waals surface area (Å²) in [4.78, 5) is 19.6. The standard InChI is InChI=1S/C24H33N3O2/c1-24(2,3)22-15-23(28)27(17-25-22)16-19-7-11-26(12-8-19)10-6-18-4-5-21-20(14-18)9-13-29-21/h4-5,14-15,17,19H,6-13,16H2,1-3H3. The number of fused-ring (bicyclic) bond motifs is 1. The number of hydrogen-bond donors (Lipinski definition) is 0. The van der Waals surface area contributed by atoms with E-state index in [1.165, 1.54) is 11.1 Å². The average Bonchev–Trinajstić information content (AvgIpc) is 3.16. The zero-order valence-electron chi connectivity index (χ0n) is 18.0. The molecule has 1 fully saturated rings. The van der Waals surface area contributed by atoms with E-state index in [0.29, 0.717) is 5.92 Å². The molecule has 5 heteroatoms. The van der Waals surface area contributed by atoms with Crippen molar-refractivity contribution < 1.29 is 4.74 Å². The highest BCUT2D eigenvalue weighted by Gasteiger charge is 2.21. The van der Waals surface area contributed by atoms with E-state index in [1.807, 2.05) is 0 Å². The molecule has 0 spiro atoms. The van der Waals surface area contributed by atoms with Crippen LogP contribution in [-0.2, 0) is 24.8 Å². The van der Waals surface area contributed by atoms with Gasteiger partial charge in [0.2, 0.25) is 0 Å². The number of rotatable bonds is 5. The largest absolute Gasteiger partial charge is 0.493 e. The minimum absolute atomic E-state index is 0.0768. The molecule has 2 aromatic rings. The van der Waals surface area contributed by atoms with E-state index in [-0.39, 0.29) is 11.0 Å². The van der Waals surface area contributed by atoms with E-state index in [0.717, 1.165) is 69.9 Å². The van der Waals surface area contributed by atoms with Crippen LogP contribution >= 0.6 is 0 Å². The van der Waals surface area contributed by atoms with Gasteiger partial charge in [-0.15, -0.1) is 0 Å². The highest BCUT2D eigenvalue weighted by Crippen LogP contribution is 2.26. The predicted molar refractivity (Wildman–Crippen MR) is 116 cm³/mol. The number of nitrogens with zero attached hydrogens (tertiary/aromatic N) is 3. The summed E-state index contributed by atoms with van der Waals surface area (Å²) in [6.45, 7) is 11.2. The van der Waals surface area contributed by atoms with Crippen molar-refractivity contribution in [2.75, 3.05) is 26.2 Å². The van der Waals surface area contributed by atoms with Gasteiger partial charge in [-0.05, 0) is 55.5 Å². The third-order valence-electron chi connectivity index (χ3n) is 6.28. The lowest BCUT2D eigenvalue weighted by Crippen LogP contribution is -2.37. The van der Waals surface area contributed by atoms with Crippen LogP contribution in [0.15, 0.2) is 35.4 Å². The van der Waals surface area contributed by atoms with Gasteiger partial charge < -0.3 is 9.64 Å². The second kappa shape index (κ2) is 8.31. The number of hydrogen-bond acceptors (Lipinski definition) is 4. The number of aromatic nitrogens is 2. The summed E-state index contributed by atoms with van der Waals surface area (Å²) in [7, 11) is 0. The van der Waals surface area contributed by atoms with E-state index >= 15 is 0 Å². The molecule has 0 unspecified atom stereocenters. The van der Waals surface area contributed by atoms with E-state index < -0.39 is 0 Å². The van der Waals surface area contributed by atoms with E-state index in [9.17, 15) is 4.79 Å². The van der Waals surface area contributed by atoms with Crippen molar-refractivity contribution in [3.8, 4) is 5.75 Å². The van der Waals surface area contributed by atoms with Gasteiger partial charge in [-0.1, -0.05) is 32.9 Å². The number of likely N-dealkylation sites (tertiary alicyclic amines) is 1. The molecule has 1 aromatic carbocycles. The Labute approximate surface area is 173 Å². The fourth-order valence-corrected chi connectivity index (χ4v) is 4.33. The molecule has 0 aliphatic carbocycles. The Morgan fingerprint density at radius 3 is 2.69 bits per heavy atom. The summed E-state index contributed by atoms with van der Waals surface area (Å²) in [5.41, 5.74) is 3.63. The van der Waals surface area contributed by atoms with Crippen molar-refractivity contribution in [1.29, 1.82) is 0 Å². The molecule has 0 N–H and O–H groups in total. The predicted octanol–water partition coefficient (Wildman–Crippen LogP) is 3.43. The van der Waals surface area contributed by atoms with Crippen LogP contribution in [0.25, 0.3) is 0 Å². The second-order valence-corrected chi connectivity index (χ2v) is 9.59. The first-order valence-electron chi connectivity index (χ1n) is 10.9. The Morgan fingerprint density at radius 1 is 1.17 bits per heavy atom. The maximum atomic E-state index is 12.5. The van der Waals surface area contributed by atoms with Gasteiger partial charge in [0.1, 0.15) is 5.75 Å². The van der Waals surface area contributed by atoms with Gasteiger partial charge in [-0.2, -0.15) is 0 Å². The lowest BCUT2D eigenvalue weighted by molar-refractivity contribution is 0.174. The maximum Gasteiger partial charge on any atom is 0.253 e. The summed E-state index contributed by atoms with van der Waals surface area (Å²) < 4.78 is 7.39. The van der Waals surface area contributed by atoms with Crippen LogP contribution in [0.1, 0.15) is 50.4 Å². The first-order chi connectivity index (χ1) is 13.9. The molecular formula is C24H33N3O2. The average molecular weight is 396 g/mol. The molecule has 0 amide bonds. The molecule has 29 heavy (non-hydrogen) atoms. The summed E-state index contributed by atoms with van der Waals surface area (Å²) in [5, 5.41) is 0. The molecule has 156 valence electrons. The summed E-state index contributed by atoms with van der Waals surface area (Å²) in [6.07, 6.45) is 6.17. The Kier molecular flexibility index (Phi) is 5.77. The fraction of sp³-hybridized carbons (Fsp3) is 0.583. The van der Waals surface area contributed by atoms with Gasteiger partial charge in [-0.3, -0.25) is 9.36 Å². The number of piperidine rings is 1. The molecule has 2 aliphatic heterocycles. The highest BCUT2D eigenvalue weighted by molar-refractivity contribution is 5.39. The van der Waals surface area contributed by atoms with Gasteiger partial charge in [0.25, 0.3) is 5.56 Å². The van der Waals surface area contributed by atoms with Crippen molar-refractivity contribution in [3.05, 3.63) is 57.8 Å². The first-order valence-corrected chi connectivity index (χ1v) is 10.9. The van der Waals surface area contributed by atoms with E-state index in [2.05, 4.69) is 48.9 Å². The van der Waals surface area contributed by atoms with Crippen LogP contribution in [0.5, 0.6) is 5.75 Å². The molecule has 2 aliphatic rings. The minimum Gasteiger partial charge on any atom is -0.493 e. The van der Waals surface area contributed by atoms with Crippen LogP contribution in [-0.4, -0.2) is 40.7 Å². The molecule has 1 aromatic heterocycles. The molecule has 0 bridgehead atoms. The lowest BCUT2D eigenvalue weighted by Gasteiger charge is -2.32. The van der Waals surface area contributed by atoms with Crippen molar-refractivity contribution in [3.63, 3.8) is 0 Å². The Bertz CT molecular complexity index is 905.